The number of carbonyl (C=O) groups excluding carboxylic acids is 3. The molecule has 1 aromatic carbocycles. The minimum atomic E-state index is -0.772. The lowest BCUT2D eigenvalue weighted by molar-refractivity contribution is -0.146. The molecule has 2 N–H and O–H groups in total. The standard InChI is InChI=1S/C25H30Cl2N4O4/c1-14-6-7-20(16-9-17(26)11-18(27)10-16)31(13-14)23(33)22(32)29-19-8-15(2)21(28-12-19)30-24(34)35-25(3,4)5/h8-12,14,20H,6-7,13H2,1-5H3,(H,29,32)(H,28,30,34)/t14-,20+/m0/s1. The molecular formula is C25H30Cl2N4O4. The van der Waals surface area contributed by atoms with E-state index >= 15 is 0 Å². The van der Waals surface area contributed by atoms with Gasteiger partial charge in [0.1, 0.15) is 11.4 Å². The number of nitrogens with zero attached hydrogens (tertiary/aromatic N) is 2. The third kappa shape index (κ3) is 7.32. The first-order valence-corrected chi connectivity index (χ1v) is 12.1. The predicted molar refractivity (Wildman–Crippen MR) is 137 cm³/mol. The monoisotopic (exact) mass is 520 g/mol. The van der Waals surface area contributed by atoms with E-state index in [2.05, 4.69) is 15.6 Å². The van der Waals surface area contributed by atoms with Crippen LogP contribution in [0.4, 0.5) is 16.3 Å². The van der Waals surface area contributed by atoms with Gasteiger partial charge in [-0.1, -0.05) is 30.1 Å². The molecule has 0 aliphatic carbocycles. The van der Waals surface area contributed by atoms with E-state index in [1.807, 2.05) is 6.92 Å². The highest BCUT2D eigenvalue weighted by Crippen LogP contribution is 2.36. The van der Waals surface area contributed by atoms with Crippen molar-refractivity contribution in [3.05, 3.63) is 51.6 Å². The van der Waals surface area contributed by atoms with E-state index in [4.69, 9.17) is 27.9 Å². The second-order valence-corrected chi connectivity index (χ2v) is 10.7. The van der Waals surface area contributed by atoms with Gasteiger partial charge in [-0.25, -0.2) is 9.78 Å². The minimum Gasteiger partial charge on any atom is -0.444 e. The number of benzene rings is 1. The summed E-state index contributed by atoms with van der Waals surface area (Å²) in [7, 11) is 0. The molecule has 1 fully saturated rings. The van der Waals surface area contributed by atoms with Gasteiger partial charge in [0.25, 0.3) is 0 Å². The first kappa shape index (κ1) is 26.8. The van der Waals surface area contributed by atoms with Crippen LogP contribution in [0.1, 0.15) is 57.7 Å². The third-order valence-corrected chi connectivity index (χ3v) is 5.93. The van der Waals surface area contributed by atoms with Crippen LogP contribution < -0.4 is 10.6 Å². The first-order chi connectivity index (χ1) is 16.3. The summed E-state index contributed by atoms with van der Waals surface area (Å²) >= 11 is 12.4. The molecule has 0 saturated carbocycles. The van der Waals surface area contributed by atoms with Crippen molar-refractivity contribution in [1.29, 1.82) is 0 Å². The van der Waals surface area contributed by atoms with Gasteiger partial charge in [-0.05, 0) is 81.8 Å². The summed E-state index contributed by atoms with van der Waals surface area (Å²) in [6, 6.07) is 6.50. The smallest absolute Gasteiger partial charge is 0.413 e. The Hall–Kier alpha value is -2.84. The highest BCUT2D eigenvalue weighted by Gasteiger charge is 2.34. The van der Waals surface area contributed by atoms with Crippen molar-refractivity contribution < 1.29 is 19.1 Å². The number of pyridine rings is 1. The molecule has 0 spiro atoms. The largest absolute Gasteiger partial charge is 0.444 e. The minimum absolute atomic E-state index is 0.250. The Bertz CT molecular complexity index is 1110. The number of anilines is 2. The van der Waals surface area contributed by atoms with Crippen LogP contribution in [0.2, 0.25) is 10.0 Å². The Balaban J connectivity index is 1.73. The second-order valence-electron chi connectivity index (χ2n) is 9.83. The van der Waals surface area contributed by atoms with Crippen LogP contribution in [-0.2, 0) is 14.3 Å². The van der Waals surface area contributed by atoms with Crippen LogP contribution in [0.3, 0.4) is 0 Å². The highest BCUT2D eigenvalue weighted by atomic mass is 35.5. The van der Waals surface area contributed by atoms with Gasteiger partial charge in [-0.2, -0.15) is 0 Å². The zero-order valence-electron chi connectivity index (χ0n) is 20.4. The van der Waals surface area contributed by atoms with E-state index in [0.717, 1.165) is 12.0 Å². The number of ether oxygens (including phenoxy) is 1. The average Bonchev–Trinajstić information content (AvgIpc) is 2.73. The van der Waals surface area contributed by atoms with Crippen molar-refractivity contribution >= 4 is 52.6 Å². The Morgan fingerprint density at radius 3 is 2.31 bits per heavy atom. The number of hydrogen-bond donors (Lipinski definition) is 2. The molecule has 10 heteroatoms. The Labute approximate surface area is 215 Å². The van der Waals surface area contributed by atoms with Crippen LogP contribution in [-0.4, -0.2) is 39.9 Å². The zero-order chi connectivity index (χ0) is 25.9. The normalized spacial score (nSPS) is 18.1. The lowest BCUT2D eigenvalue weighted by Crippen LogP contribution is -2.46. The van der Waals surface area contributed by atoms with Crippen LogP contribution >= 0.6 is 23.2 Å². The number of carbonyl (C=O) groups is 3. The van der Waals surface area contributed by atoms with Gasteiger partial charge in [0, 0.05) is 16.6 Å². The zero-order valence-corrected chi connectivity index (χ0v) is 22.0. The molecule has 3 amide bonds. The molecule has 1 aromatic heterocycles. The summed E-state index contributed by atoms with van der Waals surface area (Å²) in [6.45, 7) is 9.49. The Morgan fingerprint density at radius 2 is 1.71 bits per heavy atom. The van der Waals surface area contributed by atoms with Crippen molar-refractivity contribution in [2.45, 2.75) is 59.1 Å². The highest BCUT2D eigenvalue weighted by molar-refractivity contribution is 6.39. The molecule has 0 radical (unpaired) electrons. The molecular weight excluding hydrogens is 491 g/mol. The number of hydrogen-bond acceptors (Lipinski definition) is 5. The van der Waals surface area contributed by atoms with E-state index in [0.29, 0.717) is 40.1 Å². The van der Waals surface area contributed by atoms with E-state index < -0.39 is 23.5 Å². The van der Waals surface area contributed by atoms with E-state index in [1.165, 1.54) is 6.20 Å². The fraction of sp³-hybridized carbons (Fsp3) is 0.440. The first-order valence-electron chi connectivity index (χ1n) is 11.4. The van der Waals surface area contributed by atoms with E-state index in [1.54, 1.807) is 56.9 Å². The molecule has 1 aliphatic heterocycles. The molecule has 2 atom stereocenters. The van der Waals surface area contributed by atoms with Crippen molar-refractivity contribution in [2.75, 3.05) is 17.2 Å². The summed E-state index contributed by atoms with van der Waals surface area (Å²) in [6.07, 6.45) is 2.35. The van der Waals surface area contributed by atoms with Gasteiger partial charge in [-0.15, -0.1) is 0 Å². The number of aromatic nitrogens is 1. The maximum Gasteiger partial charge on any atom is 0.413 e. The van der Waals surface area contributed by atoms with Crippen molar-refractivity contribution in [3.8, 4) is 0 Å². The molecule has 1 saturated heterocycles. The molecule has 2 heterocycles. The number of rotatable bonds is 3. The summed E-state index contributed by atoms with van der Waals surface area (Å²) in [5.74, 6) is -0.872. The van der Waals surface area contributed by atoms with E-state index in [9.17, 15) is 14.4 Å². The third-order valence-electron chi connectivity index (χ3n) is 5.50. The second kappa shape index (κ2) is 10.8. The number of nitrogens with one attached hydrogen (secondary N) is 2. The molecule has 8 nitrogen and oxygen atoms in total. The number of aryl methyl sites for hydroxylation is 1. The lowest BCUT2D eigenvalue weighted by atomic mass is 9.90. The van der Waals surface area contributed by atoms with Crippen LogP contribution in [0.25, 0.3) is 0 Å². The van der Waals surface area contributed by atoms with Crippen molar-refractivity contribution in [3.63, 3.8) is 0 Å². The SMILES string of the molecule is Cc1cc(NC(=O)C(=O)N2C[C@@H](C)CC[C@@H]2c2cc(Cl)cc(Cl)c2)cnc1NC(=O)OC(C)(C)C. The molecule has 188 valence electrons. The molecule has 1 aliphatic rings. The molecule has 2 aromatic rings. The summed E-state index contributed by atoms with van der Waals surface area (Å²) in [5, 5.41) is 6.15. The Morgan fingerprint density at radius 1 is 1.06 bits per heavy atom. The molecule has 0 unspecified atom stereocenters. The van der Waals surface area contributed by atoms with E-state index in [-0.39, 0.29) is 12.0 Å². The van der Waals surface area contributed by atoms with Crippen molar-refractivity contribution in [1.82, 2.24) is 9.88 Å². The van der Waals surface area contributed by atoms with Gasteiger partial charge in [0.2, 0.25) is 0 Å². The lowest BCUT2D eigenvalue weighted by Gasteiger charge is -2.38. The fourth-order valence-electron chi connectivity index (χ4n) is 3.98. The number of amides is 3. The quantitative estimate of drug-likeness (QED) is 0.484. The maximum atomic E-state index is 13.2. The molecule has 0 bridgehead atoms. The summed E-state index contributed by atoms with van der Waals surface area (Å²) < 4.78 is 5.23. The number of piperidine rings is 1. The fourth-order valence-corrected chi connectivity index (χ4v) is 4.52. The van der Waals surface area contributed by atoms with Gasteiger partial charge >= 0.3 is 17.9 Å². The van der Waals surface area contributed by atoms with Crippen LogP contribution in [0.5, 0.6) is 0 Å². The van der Waals surface area contributed by atoms with Gasteiger partial charge < -0.3 is 15.0 Å². The Kier molecular flexibility index (Phi) is 8.28. The summed E-state index contributed by atoms with van der Waals surface area (Å²) in [4.78, 5) is 43.8. The van der Waals surface area contributed by atoms with Crippen LogP contribution in [0, 0.1) is 12.8 Å². The van der Waals surface area contributed by atoms with Crippen LogP contribution in [0.15, 0.2) is 30.5 Å². The van der Waals surface area contributed by atoms with Gasteiger partial charge in [0.05, 0.1) is 17.9 Å². The number of likely N-dealkylation sites (tertiary alicyclic amines) is 1. The van der Waals surface area contributed by atoms with Gasteiger partial charge in [0.15, 0.2) is 0 Å². The topological polar surface area (TPSA) is 101 Å². The van der Waals surface area contributed by atoms with Crippen molar-refractivity contribution in [2.24, 2.45) is 5.92 Å². The predicted octanol–water partition coefficient (Wildman–Crippen LogP) is 5.98. The summed E-state index contributed by atoms with van der Waals surface area (Å²) in [5.41, 5.74) is 1.08. The average molecular weight is 521 g/mol. The number of halogens is 2. The molecule has 35 heavy (non-hydrogen) atoms. The van der Waals surface area contributed by atoms with Gasteiger partial charge in [-0.3, -0.25) is 14.9 Å². The molecule has 3 rings (SSSR count). The maximum absolute atomic E-state index is 13.2.